The van der Waals surface area contributed by atoms with E-state index in [2.05, 4.69) is 31.1 Å². The number of ether oxygens (including phenoxy) is 1. The van der Waals surface area contributed by atoms with E-state index in [1.165, 1.54) is 0 Å². The molecule has 1 saturated heterocycles. The summed E-state index contributed by atoms with van der Waals surface area (Å²) in [6.07, 6.45) is 1.76. The van der Waals surface area contributed by atoms with E-state index in [-0.39, 0.29) is 11.8 Å². The molecule has 1 aliphatic rings. The molecule has 3 aromatic rings. The zero-order valence-electron chi connectivity index (χ0n) is 17.4. The van der Waals surface area contributed by atoms with Crippen LogP contribution < -0.4 is 15.0 Å². The number of rotatable bonds is 4. The van der Waals surface area contributed by atoms with Crippen LogP contribution in [0.3, 0.4) is 0 Å². The van der Waals surface area contributed by atoms with Crippen molar-refractivity contribution < 1.29 is 9.53 Å². The van der Waals surface area contributed by atoms with Gasteiger partial charge in [0.25, 0.3) is 5.88 Å². The lowest BCUT2D eigenvalue weighted by atomic mass is 9.96. The highest BCUT2D eigenvalue weighted by Gasteiger charge is 2.29. The van der Waals surface area contributed by atoms with Crippen molar-refractivity contribution in [1.29, 1.82) is 0 Å². The number of anilines is 2. The Hall–Kier alpha value is -2.67. The number of aromatic nitrogens is 2. The van der Waals surface area contributed by atoms with Gasteiger partial charge in [-0.05, 0) is 62.1 Å². The van der Waals surface area contributed by atoms with Gasteiger partial charge in [-0.3, -0.25) is 4.79 Å². The largest absolute Gasteiger partial charge is 0.478 e. The van der Waals surface area contributed by atoms with Crippen LogP contribution in [0.5, 0.6) is 5.88 Å². The third-order valence-electron chi connectivity index (χ3n) is 5.79. The molecule has 0 spiro atoms. The second-order valence-electron chi connectivity index (χ2n) is 7.66. The van der Waals surface area contributed by atoms with Crippen molar-refractivity contribution in [2.24, 2.45) is 5.92 Å². The molecule has 0 radical (unpaired) electrons. The number of benzene rings is 2. The lowest BCUT2D eigenvalue weighted by Gasteiger charge is -2.33. The summed E-state index contributed by atoms with van der Waals surface area (Å²) in [6.45, 7) is 5.48. The monoisotopic (exact) mass is 468 g/mol. The van der Waals surface area contributed by atoms with Crippen LogP contribution in [0.25, 0.3) is 11.0 Å². The molecule has 7 heteroatoms. The van der Waals surface area contributed by atoms with Crippen LogP contribution in [-0.4, -0.2) is 36.1 Å². The molecule has 1 N–H and O–H groups in total. The number of hydrogen-bond acceptors (Lipinski definition) is 5. The number of methoxy groups -OCH3 is 1. The lowest BCUT2D eigenvalue weighted by molar-refractivity contribution is -0.120. The Kier molecular flexibility index (Phi) is 5.90. The number of carbonyl (C=O) groups is 1. The summed E-state index contributed by atoms with van der Waals surface area (Å²) >= 11 is 3.54. The number of nitrogens with one attached hydrogen (secondary N) is 1. The standard InChI is InChI=1S/C23H25BrN4O2/c1-14-15(2)18(11-10-17(14)24)26-22(29)16-7-6-12-28(13-16)21-23(30-3)27-20-9-5-4-8-19(20)25-21/h4-5,8-11,16H,6-7,12-13H2,1-3H3,(H,26,29)/t16-/m1/s1. The third-order valence-corrected chi connectivity index (χ3v) is 6.64. The first-order valence-electron chi connectivity index (χ1n) is 10.1. The molecular formula is C23H25BrN4O2. The minimum atomic E-state index is -0.125. The number of para-hydroxylation sites is 2. The summed E-state index contributed by atoms with van der Waals surface area (Å²) in [5.41, 5.74) is 4.69. The zero-order chi connectivity index (χ0) is 21.3. The molecular weight excluding hydrogens is 444 g/mol. The number of carbonyl (C=O) groups excluding carboxylic acids is 1. The summed E-state index contributed by atoms with van der Waals surface area (Å²) in [7, 11) is 1.61. The molecule has 0 aliphatic carbocycles. The maximum absolute atomic E-state index is 13.0. The minimum absolute atomic E-state index is 0.0391. The fourth-order valence-electron chi connectivity index (χ4n) is 3.86. The lowest BCUT2D eigenvalue weighted by Crippen LogP contribution is -2.41. The first-order chi connectivity index (χ1) is 14.5. The first-order valence-corrected chi connectivity index (χ1v) is 10.9. The Balaban J connectivity index is 1.55. The van der Waals surface area contributed by atoms with Crippen molar-refractivity contribution >= 4 is 44.4 Å². The van der Waals surface area contributed by atoms with Crippen LogP contribution in [0.15, 0.2) is 40.9 Å². The number of nitrogens with zero attached hydrogens (tertiary/aromatic N) is 3. The minimum Gasteiger partial charge on any atom is -0.478 e. The third kappa shape index (κ3) is 3.99. The predicted octanol–water partition coefficient (Wildman–Crippen LogP) is 4.87. The molecule has 30 heavy (non-hydrogen) atoms. The predicted molar refractivity (Wildman–Crippen MR) is 123 cm³/mol. The second-order valence-corrected chi connectivity index (χ2v) is 8.52. The van der Waals surface area contributed by atoms with Gasteiger partial charge in [-0.25, -0.2) is 9.97 Å². The molecule has 1 fully saturated rings. The molecule has 0 unspecified atom stereocenters. The van der Waals surface area contributed by atoms with Gasteiger partial charge in [0.15, 0.2) is 5.82 Å². The van der Waals surface area contributed by atoms with Gasteiger partial charge in [0.2, 0.25) is 5.91 Å². The Labute approximate surface area is 184 Å². The summed E-state index contributed by atoms with van der Waals surface area (Å²) < 4.78 is 6.56. The van der Waals surface area contributed by atoms with Crippen LogP contribution in [0.1, 0.15) is 24.0 Å². The maximum atomic E-state index is 13.0. The topological polar surface area (TPSA) is 67.4 Å². The first kappa shape index (κ1) is 20.6. The Bertz CT molecular complexity index is 1100. The van der Waals surface area contributed by atoms with Crippen molar-refractivity contribution in [3.8, 4) is 5.88 Å². The number of halogens is 1. The van der Waals surface area contributed by atoms with E-state index >= 15 is 0 Å². The number of amides is 1. The van der Waals surface area contributed by atoms with Gasteiger partial charge in [0.1, 0.15) is 0 Å². The van der Waals surface area contributed by atoms with Gasteiger partial charge >= 0.3 is 0 Å². The highest BCUT2D eigenvalue weighted by Crippen LogP contribution is 2.31. The molecule has 1 aromatic heterocycles. The van der Waals surface area contributed by atoms with Crippen molar-refractivity contribution in [3.63, 3.8) is 0 Å². The van der Waals surface area contributed by atoms with Crippen LogP contribution in [0, 0.1) is 19.8 Å². The Morgan fingerprint density at radius 1 is 1.13 bits per heavy atom. The highest BCUT2D eigenvalue weighted by molar-refractivity contribution is 9.10. The van der Waals surface area contributed by atoms with E-state index in [1.807, 2.05) is 50.2 Å². The van der Waals surface area contributed by atoms with Gasteiger partial charge in [0.05, 0.1) is 24.1 Å². The highest BCUT2D eigenvalue weighted by atomic mass is 79.9. The normalized spacial score (nSPS) is 16.5. The van der Waals surface area contributed by atoms with Crippen molar-refractivity contribution in [2.75, 3.05) is 30.4 Å². The molecule has 2 heterocycles. The number of fused-ring (bicyclic) bond motifs is 1. The van der Waals surface area contributed by atoms with Crippen molar-refractivity contribution in [1.82, 2.24) is 9.97 Å². The summed E-state index contributed by atoms with van der Waals surface area (Å²) in [6, 6.07) is 11.7. The van der Waals surface area contributed by atoms with E-state index < -0.39 is 0 Å². The van der Waals surface area contributed by atoms with Crippen molar-refractivity contribution in [3.05, 3.63) is 52.0 Å². The van der Waals surface area contributed by atoms with E-state index in [1.54, 1.807) is 7.11 Å². The van der Waals surface area contributed by atoms with E-state index in [0.29, 0.717) is 18.2 Å². The SMILES string of the molecule is COc1nc2ccccc2nc1N1CCC[C@@H](C(=O)Nc2ccc(Br)c(C)c2C)C1. The van der Waals surface area contributed by atoms with E-state index in [9.17, 15) is 4.79 Å². The molecule has 4 rings (SSSR count). The quantitative estimate of drug-likeness (QED) is 0.591. The molecule has 1 atom stereocenters. The average Bonchev–Trinajstić information content (AvgIpc) is 2.78. The molecule has 6 nitrogen and oxygen atoms in total. The molecule has 1 aliphatic heterocycles. The van der Waals surface area contributed by atoms with Gasteiger partial charge in [-0.15, -0.1) is 0 Å². The van der Waals surface area contributed by atoms with Crippen LogP contribution in [0.4, 0.5) is 11.5 Å². The fourth-order valence-corrected chi connectivity index (χ4v) is 4.29. The molecule has 156 valence electrons. The van der Waals surface area contributed by atoms with Gasteiger partial charge in [0, 0.05) is 23.2 Å². The number of hydrogen-bond donors (Lipinski definition) is 1. The van der Waals surface area contributed by atoms with Crippen molar-refractivity contribution in [2.45, 2.75) is 26.7 Å². The van der Waals surface area contributed by atoms with Gasteiger partial charge < -0.3 is 15.0 Å². The van der Waals surface area contributed by atoms with Crippen LogP contribution >= 0.6 is 15.9 Å². The van der Waals surface area contributed by atoms with Crippen LogP contribution in [-0.2, 0) is 4.79 Å². The maximum Gasteiger partial charge on any atom is 0.257 e. The van der Waals surface area contributed by atoms with Crippen LogP contribution in [0.2, 0.25) is 0 Å². The summed E-state index contributed by atoms with van der Waals surface area (Å²) in [4.78, 5) is 24.5. The summed E-state index contributed by atoms with van der Waals surface area (Å²) in [5.74, 6) is 1.11. The Morgan fingerprint density at radius 3 is 2.60 bits per heavy atom. The van der Waals surface area contributed by atoms with Gasteiger partial charge in [-0.2, -0.15) is 0 Å². The molecule has 0 bridgehead atoms. The van der Waals surface area contributed by atoms with Gasteiger partial charge in [-0.1, -0.05) is 28.1 Å². The Morgan fingerprint density at radius 2 is 1.87 bits per heavy atom. The number of piperidine rings is 1. The van der Waals surface area contributed by atoms with E-state index in [0.717, 1.165) is 51.7 Å². The molecule has 0 saturated carbocycles. The molecule has 2 aromatic carbocycles. The average molecular weight is 469 g/mol. The smallest absolute Gasteiger partial charge is 0.257 e. The zero-order valence-corrected chi connectivity index (χ0v) is 19.0. The van der Waals surface area contributed by atoms with E-state index in [4.69, 9.17) is 9.72 Å². The fraction of sp³-hybridized carbons (Fsp3) is 0.348. The summed E-state index contributed by atoms with van der Waals surface area (Å²) in [5, 5.41) is 3.12. The second kappa shape index (κ2) is 8.60. The molecule has 1 amide bonds.